The van der Waals surface area contributed by atoms with E-state index in [1.54, 1.807) is 11.1 Å². The van der Waals surface area contributed by atoms with E-state index in [4.69, 9.17) is 0 Å². The Bertz CT molecular complexity index is 500. The third-order valence-corrected chi connectivity index (χ3v) is 5.72. The summed E-state index contributed by atoms with van der Waals surface area (Å²) in [7, 11) is 0. The van der Waals surface area contributed by atoms with Crippen molar-refractivity contribution < 1.29 is 5.11 Å². The second-order valence-corrected chi connectivity index (χ2v) is 8.57. The number of hydrogen-bond donors (Lipinski definition) is 2. The van der Waals surface area contributed by atoms with Gasteiger partial charge in [0, 0.05) is 21.7 Å². The van der Waals surface area contributed by atoms with Crippen LogP contribution in [0, 0.1) is 0 Å². The highest BCUT2D eigenvalue weighted by Gasteiger charge is 2.33. The van der Waals surface area contributed by atoms with Gasteiger partial charge in [-0.1, -0.05) is 13.0 Å². The molecule has 1 aromatic carbocycles. The van der Waals surface area contributed by atoms with E-state index in [1.165, 1.54) is 37.0 Å². The Kier molecular flexibility index (Phi) is 4.63. The lowest BCUT2D eigenvalue weighted by atomic mass is 9.97. The molecule has 0 heterocycles. The largest absolute Gasteiger partial charge is 0.394 e. The molecule has 1 aromatic rings. The van der Waals surface area contributed by atoms with E-state index in [0.29, 0.717) is 11.3 Å². The van der Waals surface area contributed by atoms with Gasteiger partial charge in [-0.05, 0) is 68.7 Å². The average molecular weight is 305 g/mol. The molecule has 0 aromatic heterocycles. The maximum Gasteiger partial charge on any atom is 0.0611 e. The normalized spacial score (nSPS) is 21.9. The van der Waals surface area contributed by atoms with Crippen LogP contribution in [0.5, 0.6) is 0 Å². The van der Waals surface area contributed by atoms with E-state index in [2.05, 4.69) is 37.4 Å². The summed E-state index contributed by atoms with van der Waals surface area (Å²) in [5.41, 5.74) is 2.96. The van der Waals surface area contributed by atoms with Crippen LogP contribution in [0.25, 0.3) is 0 Å². The maximum atomic E-state index is 9.73. The van der Waals surface area contributed by atoms with Crippen LogP contribution in [-0.2, 0) is 12.8 Å². The van der Waals surface area contributed by atoms with Gasteiger partial charge in [0.15, 0.2) is 0 Å². The Morgan fingerprint density at radius 2 is 2.10 bits per heavy atom. The van der Waals surface area contributed by atoms with Crippen molar-refractivity contribution in [3.8, 4) is 0 Å². The smallest absolute Gasteiger partial charge is 0.0611 e. The fourth-order valence-electron chi connectivity index (χ4n) is 3.42. The number of aliphatic hydroxyl groups excluding tert-OH is 1. The highest BCUT2D eigenvalue weighted by molar-refractivity contribution is 7.99. The lowest BCUT2D eigenvalue weighted by Gasteiger charge is -2.31. The summed E-state index contributed by atoms with van der Waals surface area (Å²) in [6, 6.07) is 7.61. The lowest BCUT2D eigenvalue weighted by Crippen LogP contribution is -2.48. The van der Waals surface area contributed by atoms with E-state index in [0.717, 1.165) is 6.42 Å². The van der Waals surface area contributed by atoms with Crippen LogP contribution in [0.2, 0.25) is 0 Å². The van der Waals surface area contributed by atoms with Crippen molar-refractivity contribution in [1.29, 1.82) is 0 Å². The number of fused-ring (bicyclic) bond motifs is 1. The van der Waals surface area contributed by atoms with E-state index < -0.39 is 0 Å². The number of benzene rings is 1. The highest BCUT2D eigenvalue weighted by atomic mass is 32.2. The first-order valence-electron chi connectivity index (χ1n) is 8.25. The van der Waals surface area contributed by atoms with E-state index >= 15 is 0 Å². The molecular formula is C18H27NOS. The van der Waals surface area contributed by atoms with Gasteiger partial charge in [-0.3, -0.25) is 0 Å². The molecule has 116 valence electrons. The zero-order chi connectivity index (χ0) is 14.9. The van der Waals surface area contributed by atoms with Crippen LogP contribution >= 0.6 is 11.8 Å². The minimum atomic E-state index is -0.135. The van der Waals surface area contributed by atoms with Crippen LogP contribution in [0.3, 0.4) is 0 Å². The molecule has 3 rings (SSSR count). The summed E-state index contributed by atoms with van der Waals surface area (Å²) in [5, 5.41) is 13.9. The monoisotopic (exact) mass is 305 g/mol. The SMILES string of the molecule is CC(CC(C)(CO)NC1CC1)Sc1ccc2c(c1)CCC2. The van der Waals surface area contributed by atoms with Crippen molar-refractivity contribution in [2.24, 2.45) is 0 Å². The van der Waals surface area contributed by atoms with Crippen molar-refractivity contribution in [1.82, 2.24) is 5.32 Å². The molecule has 2 N–H and O–H groups in total. The van der Waals surface area contributed by atoms with E-state index in [-0.39, 0.29) is 12.1 Å². The first kappa shape index (κ1) is 15.4. The number of nitrogens with one attached hydrogen (secondary N) is 1. The predicted octanol–water partition coefficient (Wildman–Crippen LogP) is 3.55. The van der Waals surface area contributed by atoms with E-state index in [9.17, 15) is 5.11 Å². The molecule has 0 amide bonds. The first-order chi connectivity index (χ1) is 10.1. The fraction of sp³-hybridized carbons (Fsp3) is 0.667. The molecule has 21 heavy (non-hydrogen) atoms. The van der Waals surface area contributed by atoms with Gasteiger partial charge in [0.05, 0.1) is 6.61 Å². The number of rotatable bonds is 7. The van der Waals surface area contributed by atoms with E-state index in [1.807, 2.05) is 11.8 Å². The summed E-state index contributed by atoms with van der Waals surface area (Å²) in [5.74, 6) is 0. The van der Waals surface area contributed by atoms with Gasteiger partial charge in [0.1, 0.15) is 0 Å². The van der Waals surface area contributed by atoms with Crippen LogP contribution in [0.15, 0.2) is 23.1 Å². The van der Waals surface area contributed by atoms with Gasteiger partial charge in [0.2, 0.25) is 0 Å². The first-order valence-corrected chi connectivity index (χ1v) is 9.13. The summed E-state index contributed by atoms with van der Waals surface area (Å²) in [6.07, 6.45) is 7.35. The zero-order valence-electron chi connectivity index (χ0n) is 13.2. The number of thioether (sulfide) groups is 1. The Labute approximate surface area is 132 Å². The number of aliphatic hydroxyl groups is 1. The van der Waals surface area contributed by atoms with Crippen molar-refractivity contribution in [3.63, 3.8) is 0 Å². The third kappa shape index (κ3) is 4.02. The van der Waals surface area contributed by atoms with Gasteiger partial charge in [0.25, 0.3) is 0 Å². The van der Waals surface area contributed by atoms with Gasteiger partial charge in [-0.25, -0.2) is 0 Å². The van der Waals surface area contributed by atoms with Crippen molar-refractivity contribution >= 4 is 11.8 Å². The summed E-state index contributed by atoms with van der Waals surface area (Å²) < 4.78 is 0. The lowest BCUT2D eigenvalue weighted by molar-refractivity contribution is 0.164. The van der Waals surface area contributed by atoms with Crippen molar-refractivity contribution in [3.05, 3.63) is 29.3 Å². The number of aryl methyl sites for hydroxylation is 2. The molecule has 0 spiro atoms. The van der Waals surface area contributed by atoms with Gasteiger partial charge in [-0.15, -0.1) is 11.8 Å². The quantitative estimate of drug-likeness (QED) is 0.756. The molecule has 1 saturated carbocycles. The molecule has 2 atom stereocenters. The molecule has 2 nitrogen and oxygen atoms in total. The van der Waals surface area contributed by atoms with Crippen LogP contribution in [0.4, 0.5) is 0 Å². The average Bonchev–Trinajstić information content (AvgIpc) is 3.12. The Balaban J connectivity index is 1.58. The molecule has 1 fully saturated rings. The molecule has 0 aliphatic heterocycles. The molecule has 3 heteroatoms. The van der Waals surface area contributed by atoms with Gasteiger partial charge in [-0.2, -0.15) is 0 Å². The van der Waals surface area contributed by atoms with Gasteiger partial charge >= 0.3 is 0 Å². The summed E-state index contributed by atoms with van der Waals surface area (Å²) in [4.78, 5) is 1.38. The Hall–Kier alpha value is -0.510. The Morgan fingerprint density at radius 3 is 2.81 bits per heavy atom. The second-order valence-electron chi connectivity index (χ2n) is 7.05. The molecule has 2 unspecified atom stereocenters. The minimum Gasteiger partial charge on any atom is -0.394 e. The molecule has 0 radical (unpaired) electrons. The zero-order valence-corrected chi connectivity index (χ0v) is 14.0. The molecule has 2 aliphatic carbocycles. The summed E-state index contributed by atoms with van der Waals surface area (Å²) in [6.45, 7) is 4.66. The van der Waals surface area contributed by atoms with Gasteiger partial charge < -0.3 is 10.4 Å². The standard InChI is InChI=1S/C18H27NOS/c1-13(11-18(2,12-20)19-16-7-8-16)21-17-9-6-14-4-3-5-15(14)10-17/h6,9-10,13,16,19-20H,3-5,7-8,11-12H2,1-2H3. The maximum absolute atomic E-state index is 9.73. The number of hydrogen-bond acceptors (Lipinski definition) is 3. The molecule has 0 saturated heterocycles. The van der Waals surface area contributed by atoms with Crippen molar-refractivity contribution in [2.45, 2.75) is 74.1 Å². The van der Waals surface area contributed by atoms with Crippen LogP contribution in [-0.4, -0.2) is 28.5 Å². The minimum absolute atomic E-state index is 0.135. The predicted molar refractivity (Wildman–Crippen MR) is 90.1 cm³/mol. The Morgan fingerprint density at radius 1 is 1.33 bits per heavy atom. The third-order valence-electron chi connectivity index (χ3n) is 4.62. The molecular weight excluding hydrogens is 278 g/mol. The molecule has 2 aliphatic rings. The highest BCUT2D eigenvalue weighted by Crippen LogP contribution is 2.33. The second kappa shape index (κ2) is 6.31. The molecule has 0 bridgehead atoms. The van der Waals surface area contributed by atoms with Crippen molar-refractivity contribution in [2.75, 3.05) is 6.61 Å². The topological polar surface area (TPSA) is 32.3 Å². The summed E-state index contributed by atoms with van der Waals surface area (Å²) >= 11 is 1.95. The van der Waals surface area contributed by atoms with Crippen LogP contribution in [0.1, 0.15) is 50.7 Å². The van der Waals surface area contributed by atoms with Crippen LogP contribution < -0.4 is 5.32 Å². The fourth-order valence-corrected chi connectivity index (χ4v) is 4.69.